The van der Waals surface area contributed by atoms with E-state index in [4.69, 9.17) is 4.74 Å². The lowest BCUT2D eigenvalue weighted by Crippen LogP contribution is -2.51. The van der Waals surface area contributed by atoms with Gasteiger partial charge in [-0.25, -0.2) is 0 Å². The second kappa shape index (κ2) is 7.65. The van der Waals surface area contributed by atoms with Crippen LogP contribution in [0.25, 0.3) is 0 Å². The predicted molar refractivity (Wildman–Crippen MR) is 107 cm³/mol. The van der Waals surface area contributed by atoms with E-state index in [1.54, 1.807) is 0 Å². The van der Waals surface area contributed by atoms with Gasteiger partial charge in [-0.1, -0.05) is 12.8 Å². The fraction of sp³-hybridized carbons (Fsp3) is 0.826. The molecule has 6 aliphatic rings. The van der Waals surface area contributed by atoms with Crippen molar-refractivity contribution in [1.82, 2.24) is 10.2 Å². The van der Waals surface area contributed by atoms with Crippen LogP contribution in [0, 0.1) is 35.0 Å². The highest BCUT2D eigenvalue weighted by molar-refractivity contribution is 6.07. The highest BCUT2D eigenvalue weighted by Gasteiger charge is 2.51. The molecule has 7 heteroatoms. The van der Waals surface area contributed by atoms with Crippen LogP contribution in [0.4, 0.5) is 0 Å². The molecule has 1 saturated heterocycles. The number of nitrogens with zero attached hydrogens (tertiary/aromatic N) is 1. The van der Waals surface area contributed by atoms with Crippen LogP contribution in [0.1, 0.15) is 64.2 Å². The van der Waals surface area contributed by atoms with Gasteiger partial charge in [-0.3, -0.25) is 24.1 Å². The van der Waals surface area contributed by atoms with Crippen molar-refractivity contribution in [2.45, 2.75) is 64.2 Å². The summed E-state index contributed by atoms with van der Waals surface area (Å²) in [5, 5.41) is 2.98. The Labute approximate surface area is 177 Å². The van der Waals surface area contributed by atoms with Gasteiger partial charge in [-0.05, 0) is 74.5 Å². The first-order valence-corrected chi connectivity index (χ1v) is 11.7. The van der Waals surface area contributed by atoms with E-state index < -0.39 is 5.97 Å². The molecule has 164 valence electrons. The van der Waals surface area contributed by atoms with Gasteiger partial charge < -0.3 is 10.1 Å². The van der Waals surface area contributed by atoms with Gasteiger partial charge >= 0.3 is 5.97 Å². The molecule has 0 spiro atoms. The first kappa shape index (κ1) is 20.0. The molecule has 30 heavy (non-hydrogen) atoms. The van der Waals surface area contributed by atoms with Crippen molar-refractivity contribution in [2.75, 3.05) is 19.7 Å². The number of ether oxygens (including phenoxy) is 1. The van der Waals surface area contributed by atoms with Gasteiger partial charge in [0.1, 0.15) is 6.54 Å². The van der Waals surface area contributed by atoms with Crippen molar-refractivity contribution >= 4 is 23.7 Å². The monoisotopic (exact) mass is 416 g/mol. The Bertz CT molecular complexity index is 703. The van der Waals surface area contributed by atoms with Crippen molar-refractivity contribution in [1.29, 1.82) is 0 Å². The fourth-order valence-corrected chi connectivity index (χ4v) is 7.55. The number of likely N-dealkylation sites (tertiary alicyclic amines) is 1. The third kappa shape index (κ3) is 3.65. The predicted octanol–water partition coefficient (Wildman–Crippen LogP) is 2.04. The maximum absolute atomic E-state index is 12.4. The minimum Gasteiger partial charge on any atom is -0.454 e. The van der Waals surface area contributed by atoms with Crippen LogP contribution in [-0.4, -0.2) is 48.3 Å². The molecule has 5 aliphatic carbocycles. The Morgan fingerprint density at radius 2 is 1.47 bits per heavy atom. The molecule has 4 bridgehead atoms. The minimum atomic E-state index is -0.694. The van der Waals surface area contributed by atoms with Crippen LogP contribution >= 0.6 is 0 Å². The molecule has 0 aromatic carbocycles. The molecular weight excluding hydrogens is 384 g/mol. The first-order valence-electron chi connectivity index (χ1n) is 11.7. The lowest BCUT2D eigenvalue weighted by Gasteiger charge is -2.56. The largest absolute Gasteiger partial charge is 0.454 e. The molecule has 3 amide bonds. The van der Waals surface area contributed by atoms with Crippen molar-refractivity contribution < 1.29 is 23.9 Å². The van der Waals surface area contributed by atoms with Gasteiger partial charge in [0.05, 0.1) is 11.8 Å². The van der Waals surface area contributed by atoms with E-state index in [0.29, 0.717) is 19.4 Å². The molecule has 0 aromatic rings. The molecule has 1 aliphatic heterocycles. The number of carbonyl (C=O) groups excluding carboxylic acids is 4. The van der Waals surface area contributed by atoms with E-state index >= 15 is 0 Å². The highest BCUT2D eigenvalue weighted by Crippen LogP contribution is 2.59. The van der Waals surface area contributed by atoms with Gasteiger partial charge in [-0.15, -0.1) is 0 Å². The maximum Gasteiger partial charge on any atom is 0.326 e. The van der Waals surface area contributed by atoms with Gasteiger partial charge in [0, 0.05) is 6.54 Å². The molecule has 0 radical (unpaired) electrons. The normalized spacial score (nSPS) is 39.2. The Balaban J connectivity index is 1.07. The molecular formula is C23H32N2O5. The zero-order valence-electron chi connectivity index (χ0n) is 17.6. The standard InChI is InChI=1S/C23H32N2O5/c26-19(24-13-23-8-14-5-15(9-23)7-16(6-14)10-23)12-30-20(27)11-25-21(28)17-3-1-2-4-18(17)22(25)29/h14-18H,1-13H2,(H,24,26)/t14?,15?,16?,17-,18-,23?/m1/s1. The average molecular weight is 417 g/mol. The zero-order valence-corrected chi connectivity index (χ0v) is 17.6. The van der Waals surface area contributed by atoms with Crippen LogP contribution in [0.15, 0.2) is 0 Å². The van der Waals surface area contributed by atoms with E-state index in [-0.39, 0.29) is 48.1 Å². The molecule has 6 rings (SSSR count). The number of nitrogens with one attached hydrogen (secondary N) is 1. The molecule has 7 nitrogen and oxygen atoms in total. The van der Waals surface area contributed by atoms with Gasteiger partial charge in [0.15, 0.2) is 6.61 Å². The Kier molecular flexibility index (Phi) is 5.10. The Morgan fingerprint density at radius 3 is 2.00 bits per heavy atom. The third-order valence-corrected chi connectivity index (χ3v) is 8.41. The number of hydrogen-bond acceptors (Lipinski definition) is 5. The second-order valence-electron chi connectivity index (χ2n) is 10.6. The third-order valence-electron chi connectivity index (χ3n) is 8.41. The number of amides is 3. The van der Waals surface area contributed by atoms with Crippen molar-refractivity contribution in [3.8, 4) is 0 Å². The van der Waals surface area contributed by atoms with Crippen molar-refractivity contribution in [3.63, 3.8) is 0 Å². The molecule has 0 unspecified atom stereocenters. The lowest BCUT2D eigenvalue weighted by atomic mass is 9.49. The SMILES string of the molecule is O=C(COC(=O)CN1C(=O)[C@@H]2CCCC[C@H]2C1=O)NCC12CC3CC(CC(C3)C1)C2. The number of esters is 1. The number of hydrogen-bond donors (Lipinski definition) is 1. The summed E-state index contributed by atoms with van der Waals surface area (Å²) in [4.78, 5) is 50.4. The minimum absolute atomic E-state index is 0.235. The maximum atomic E-state index is 12.4. The molecule has 5 saturated carbocycles. The molecule has 1 N–H and O–H groups in total. The fourth-order valence-electron chi connectivity index (χ4n) is 7.55. The van der Waals surface area contributed by atoms with E-state index in [0.717, 1.165) is 35.5 Å². The number of imide groups is 1. The Hall–Kier alpha value is -1.92. The van der Waals surface area contributed by atoms with E-state index in [1.807, 2.05) is 0 Å². The second-order valence-corrected chi connectivity index (χ2v) is 10.6. The number of rotatable bonds is 6. The number of fused-ring (bicyclic) bond motifs is 1. The van der Waals surface area contributed by atoms with Crippen molar-refractivity contribution in [2.24, 2.45) is 35.0 Å². The summed E-state index contributed by atoms with van der Waals surface area (Å²) in [5.74, 6) is 0.416. The number of carbonyl (C=O) groups is 4. The van der Waals surface area contributed by atoms with Crippen LogP contribution < -0.4 is 5.32 Å². The molecule has 1 heterocycles. The smallest absolute Gasteiger partial charge is 0.326 e. The van der Waals surface area contributed by atoms with E-state index in [1.165, 1.54) is 38.5 Å². The van der Waals surface area contributed by atoms with E-state index in [2.05, 4.69) is 5.32 Å². The van der Waals surface area contributed by atoms with E-state index in [9.17, 15) is 19.2 Å². The summed E-state index contributed by atoms with van der Waals surface area (Å²) < 4.78 is 5.09. The quantitative estimate of drug-likeness (QED) is 0.528. The lowest BCUT2D eigenvalue weighted by molar-refractivity contribution is -0.155. The van der Waals surface area contributed by atoms with Crippen molar-refractivity contribution in [3.05, 3.63) is 0 Å². The van der Waals surface area contributed by atoms with Gasteiger partial charge in [0.25, 0.3) is 5.91 Å². The Morgan fingerprint density at radius 1 is 0.933 bits per heavy atom. The summed E-state index contributed by atoms with van der Waals surface area (Å²) in [6.07, 6.45) is 11.0. The zero-order chi connectivity index (χ0) is 20.9. The summed E-state index contributed by atoms with van der Waals surface area (Å²) >= 11 is 0. The van der Waals surface area contributed by atoms with Crippen LogP contribution in [-0.2, 0) is 23.9 Å². The average Bonchev–Trinajstić information content (AvgIpc) is 2.95. The van der Waals surface area contributed by atoms with Gasteiger partial charge in [0.2, 0.25) is 11.8 Å². The van der Waals surface area contributed by atoms with Crippen LogP contribution in [0.5, 0.6) is 0 Å². The van der Waals surface area contributed by atoms with Crippen LogP contribution in [0.3, 0.4) is 0 Å². The van der Waals surface area contributed by atoms with Gasteiger partial charge in [-0.2, -0.15) is 0 Å². The first-order chi connectivity index (χ1) is 14.4. The summed E-state index contributed by atoms with van der Waals surface area (Å²) in [7, 11) is 0. The molecule has 2 atom stereocenters. The summed E-state index contributed by atoms with van der Waals surface area (Å²) in [5.41, 5.74) is 0.235. The molecule has 0 aromatic heterocycles. The van der Waals surface area contributed by atoms with Crippen LogP contribution in [0.2, 0.25) is 0 Å². The summed E-state index contributed by atoms with van der Waals surface area (Å²) in [6, 6.07) is 0. The highest BCUT2D eigenvalue weighted by atomic mass is 16.5. The molecule has 6 fully saturated rings. The summed E-state index contributed by atoms with van der Waals surface area (Å²) in [6.45, 7) is -0.0689. The topological polar surface area (TPSA) is 92.8 Å².